The largest absolute Gasteiger partial charge is 0.418 e. The third-order valence-corrected chi connectivity index (χ3v) is 4.91. The van der Waals surface area contributed by atoms with Crippen LogP contribution in [0.3, 0.4) is 0 Å². The van der Waals surface area contributed by atoms with E-state index in [1.54, 1.807) is 26.0 Å². The lowest BCUT2D eigenvalue weighted by Crippen LogP contribution is -2.15. The van der Waals surface area contributed by atoms with Crippen molar-refractivity contribution >= 4 is 11.6 Å². The van der Waals surface area contributed by atoms with Gasteiger partial charge in [-0.05, 0) is 50.1 Å². The van der Waals surface area contributed by atoms with Gasteiger partial charge in [-0.25, -0.2) is 0 Å². The molecule has 0 fully saturated rings. The van der Waals surface area contributed by atoms with E-state index >= 15 is 0 Å². The van der Waals surface area contributed by atoms with Crippen LogP contribution in [0.5, 0.6) is 0 Å². The van der Waals surface area contributed by atoms with Gasteiger partial charge in [0, 0.05) is 17.1 Å². The first kappa shape index (κ1) is 20.7. The second-order valence-corrected chi connectivity index (χ2v) is 7.00. The molecule has 1 heterocycles. The minimum Gasteiger partial charge on any atom is -0.322 e. The molecule has 0 radical (unpaired) electrons. The quantitative estimate of drug-likeness (QED) is 0.534. The van der Waals surface area contributed by atoms with E-state index < -0.39 is 11.7 Å². The molecule has 0 unspecified atom stereocenters. The van der Waals surface area contributed by atoms with Gasteiger partial charge >= 0.3 is 6.18 Å². The second kappa shape index (κ2) is 8.15. The first-order valence-corrected chi connectivity index (χ1v) is 9.48. The lowest BCUT2D eigenvalue weighted by atomic mass is 10.1. The number of rotatable bonds is 5. The summed E-state index contributed by atoms with van der Waals surface area (Å²) in [7, 11) is 0. The molecule has 0 aliphatic carbocycles. The van der Waals surface area contributed by atoms with Crippen molar-refractivity contribution < 1.29 is 18.0 Å². The highest BCUT2D eigenvalue weighted by Gasteiger charge is 2.34. The Morgan fingerprint density at radius 3 is 2.38 bits per heavy atom. The predicted octanol–water partition coefficient (Wildman–Crippen LogP) is 6.32. The Bertz CT molecular complexity index is 1030. The number of halogens is 3. The Morgan fingerprint density at radius 2 is 1.69 bits per heavy atom. The van der Waals surface area contributed by atoms with Crippen LogP contribution in [0, 0.1) is 13.8 Å². The molecule has 3 nitrogen and oxygen atoms in total. The van der Waals surface area contributed by atoms with Crippen molar-refractivity contribution in [3.8, 4) is 5.69 Å². The smallest absolute Gasteiger partial charge is 0.322 e. The molecular formula is C23H23F3N2O. The molecular weight excluding hydrogens is 377 g/mol. The number of para-hydroxylation sites is 2. The van der Waals surface area contributed by atoms with Crippen LogP contribution in [-0.2, 0) is 12.6 Å². The number of benzene rings is 2. The van der Waals surface area contributed by atoms with Crippen molar-refractivity contribution in [1.82, 2.24) is 4.57 Å². The fourth-order valence-corrected chi connectivity index (χ4v) is 3.59. The highest BCUT2D eigenvalue weighted by molar-refractivity contribution is 6.05. The maximum atomic E-state index is 13.5. The zero-order valence-corrected chi connectivity index (χ0v) is 16.6. The van der Waals surface area contributed by atoms with Crippen molar-refractivity contribution in [3.63, 3.8) is 0 Å². The van der Waals surface area contributed by atoms with Crippen molar-refractivity contribution in [2.75, 3.05) is 5.32 Å². The van der Waals surface area contributed by atoms with Gasteiger partial charge in [0.2, 0.25) is 0 Å². The summed E-state index contributed by atoms with van der Waals surface area (Å²) in [4.78, 5) is 12.9. The number of carbonyl (C=O) groups is 1. The maximum absolute atomic E-state index is 13.5. The summed E-state index contributed by atoms with van der Waals surface area (Å²) in [6.07, 6.45) is -2.72. The minimum absolute atomic E-state index is 0.0143. The highest BCUT2D eigenvalue weighted by atomic mass is 19.4. The van der Waals surface area contributed by atoms with Crippen LogP contribution in [0.15, 0.2) is 54.6 Å². The third kappa shape index (κ3) is 4.21. The molecule has 3 rings (SSSR count). The fraction of sp³-hybridized carbons (Fsp3) is 0.261. The lowest BCUT2D eigenvalue weighted by molar-refractivity contribution is -0.137. The molecule has 1 aromatic heterocycles. The van der Waals surface area contributed by atoms with Gasteiger partial charge in [0.25, 0.3) is 5.91 Å². The average Bonchev–Trinajstić information content (AvgIpc) is 2.97. The number of anilines is 1. The predicted molar refractivity (Wildman–Crippen MR) is 109 cm³/mol. The van der Waals surface area contributed by atoms with Gasteiger partial charge in [-0.2, -0.15) is 13.2 Å². The molecule has 2 aromatic carbocycles. The molecule has 0 atom stereocenters. The van der Waals surface area contributed by atoms with Gasteiger partial charge in [0.05, 0.1) is 16.8 Å². The van der Waals surface area contributed by atoms with Crippen LogP contribution in [0.25, 0.3) is 5.69 Å². The number of nitrogens with zero attached hydrogens (tertiary/aromatic N) is 1. The van der Waals surface area contributed by atoms with Crippen molar-refractivity contribution in [1.29, 1.82) is 0 Å². The first-order chi connectivity index (χ1) is 13.7. The molecule has 0 saturated carbocycles. The van der Waals surface area contributed by atoms with E-state index in [9.17, 15) is 18.0 Å². The van der Waals surface area contributed by atoms with E-state index in [1.165, 1.54) is 16.7 Å². The van der Waals surface area contributed by atoms with E-state index in [1.807, 2.05) is 24.3 Å². The standard InChI is InChI=1S/C23H23F3N2O/c1-4-9-17-10-5-7-12-20(17)27-22(29)18-14-15(2)28(16(18)3)21-13-8-6-11-19(21)23(24,25)26/h5-8,10-14H,4,9H2,1-3H3,(H,27,29). The van der Waals surface area contributed by atoms with Gasteiger partial charge < -0.3 is 9.88 Å². The Kier molecular flexibility index (Phi) is 5.82. The van der Waals surface area contributed by atoms with Crippen LogP contribution in [-0.4, -0.2) is 10.5 Å². The Balaban J connectivity index is 2.01. The number of amides is 1. The Morgan fingerprint density at radius 1 is 1.03 bits per heavy atom. The Hall–Kier alpha value is -3.02. The molecule has 0 spiro atoms. The zero-order chi connectivity index (χ0) is 21.2. The van der Waals surface area contributed by atoms with E-state index in [2.05, 4.69) is 12.2 Å². The minimum atomic E-state index is -4.48. The SMILES string of the molecule is CCCc1ccccc1NC(=O)c1cc(C)n(-c2ccccc2C(F)(F)F)c1C. The van der Waals surface area contributed by atoms with Gasteiger partial charge in [0.15, 0.2) is 0 Å². The van der Waals surface area contributed by atoms with Crippen molar-refractivity contribution in [2.45, 2.75) is 39.8 Å². The highest BCUT2D eigenvalue weighted by Crippen LogP contribution is 2.35. The van der Waals surface area contributed by atoms with E-state index in [-0.39, 0.29) is 11.6 Å². The summed E-state index contributed by atoms with van der Waals surface area (Å²) >= 11 is 0. The molecule has 1 N–H and O–H groups in total. The summed E-state index contributed by atoms with van der Waals surface area (Å²) in [5.41, 5.74) is 2.41. The monoisotopic (exact) mass is 400 g/mol. The van der Waals surface area contributed by atoms with Crippen LogP contribution in [0.1, 0.15) is 46.2 Å². The molecule has 1 amide bonds. The molecule has 152 valence electrons. The van der Waals surface area contributed by atoms with E-state index in [4.69, 9.17) is 0 Å². The summed E-state index contributed by atoms with van der Waals surface area (Å²) in [6, 6.07) is 14.6. The fourth-order valence-electron chi connectivity index (χ4n) is 3.59. The van der Waals surface area contributed by atoms with E-state index in [0.29, 0.717) is 17.0 Å². The van der Waals surface area contributed by atoms with Gasteiger partial charge in [-0.1, -0.05) is 43.7 Å². The number of nitrogens with one attached hydrogen (secondary N) is 1. The van der Waals surface area contributed by atoms with Gasteiger partial charge in [-0.15, -0.1) is 0 Å². The Labute approximate surface area is 168 Å². The first-order valence-electron chi connectivity index (χ1n) is 9.48. The molecule has 0 aliphatic heterocycles. The van der Waals surface area contributed by atoms with Crippen LogP contribution in [0.4, 0.5) is 18.9 Å². The second-order valence-electron chi connectivity index (χ2n) is 7.00. The molecule has 0 aliphatic rings. The number of alkyl halides is 3. The number of aromatic nitrogens is 1. The average molecular weight is 400 g/mol. The van der Waals surface area contributed by atoms with Crippen molar-refractivity contribution in [3.05, 3.63) is 82.7 Å². The summed E-state index contributed by atoms with van der Waals surface area (Å²) in [5, 5.41) is 2.91. The van der Waals surface area contributed by atoms with Gasteiger partial charge in [-0.3, -0.25) is 4.79 Å². The molecule has 0 saturated heterocycles. The number of hydrogen-bond acceptors (Lipinski definition) is 1. The van der Waals surface area contributed by atoms with Crippen LogP contribution in [0.2, 0.25) is 0 Å². The van der Waals surface area contributed by atoms with Gasteiger partial charge in [0.1, 0.15) is 0 Å². The number of carbonyl (C=O) groups excluding carboxylic acids is 1. The zero-order valence-electron chi connectivity index (χ0n) is 16.6. The molecule has 0 bridgehead atoms. The third-order valence-electron chi connectivity index (χ3n) is 4.91. The lowest BCUT2D eigenvalue weighted by Gasteiger charge is -2.17. The van der Waals surface area contributed by atoms with E-state index in [0.717, 1.165) is 30.2 Å². The maximum Gasteiger partial charge on any atom is 0.418 e. The molecule has 3 aromatic rings. The number of aryl methyl sites for hydroxylation is 2. The van der Waals surface area contributed by atoms with Crippen molar-refractivity contribution in [2.24, 2.45) is 0 Å². The van der Waals surface area contributed by atoms with Crippen LogP contribution < -0.4 is 5.32 Å². The summed E-state index contributed by atoms with van der Waals surface area (Å²) in [6.45, 7) is 5.42. The number of hydrogen-bond donors (Lipinski definition) is 1. The summed E-state index contributed by atoms with van der Waals surface area (Å²) < 4.78 is 41.9. The summed E-state index contributed by atoms with van der Waals surface area (Å²) in [5.74, 6) is -0.336. The van der Waals surface area contributed by atoms with Crippen LogP contribution >= 0.6 is 0 Å². The molecule has 29 heavy (non-hydrogen) atoms. The normalized spacial score (nSPS) is 11.5. The topological polar surface area (TPSA) is 34.0 Å². The molecule has 6 heteroatoms.